The number of carbonyl (C=O) groups is 1. The van der Waals surface area contributed by atoms with Crippen LogP contribution < -0.4 is 5.32 Å². The summed E-state index contributed by atoms with van der Waals surface area (Å²) in [4.78, 5) is 15.4. The molecule has 0 bridgehead atoms. The number of anilines is 1. The Bertz CT molecular complexity index is 700. The van der Waals surface area contributed by atoms with Crippen molar-refractivity contribution in [1.82, 2.24) is 4.90 Å². The maximum atomic E-state index is 12.3. The highest BCUT2D eigenvalue weighted by molar-refractivity contribution is 7.16. The topological polar surface area (TPSA) is 32.3 Å². The number of nitrogens with zero attached hydrogens (tertiary/aromatic N) is 1. The van der Waals surface area contributed by atoms with E-state index in [9.17, 15) is 4.79 Å². The molecule has 0 unspecified atom stereocenters. The van der Waals surface area contributed by atoms with Crippen molar-refractivity contribution in [3.8, 4) is 0 Å². The number of hydrogen-bond acceptors (Lipinski definition) is 3. The standard InChI is InChI=1S/C17H18Cl2N2OS/c1-3-8-21(10-13-5-7-16(19)23-13)11-17(22)20-15-6-4-12(2)9-14(15)18/h3-7,9H,1,8,10-11H2,2H3,(H,20,22). The Morgan fingerprint density at radius 1 is 1.35 bits per heavy atom. The number of nitrogens with one attached hydrogen (secondary N) is 1. The van der Waals surface area contributed by atoms with Gasteiger partial charge in [0, 0.05) is 18.0 Å². The normalized spacial score (nSPS) is 10.8. The predicted molar refractivity (Wildman–Crippen MR) is 99.6 cm³/mol. The third kappa shape index (κ3) is 5.66. The quantitative estimate of drug-likeness (QED) is 0.698. The zero-order valence-electron chi connectivity index (χ0n) is 12.8. The van der Waals surface area contributed by atoms with Crippen LogP contribution in [0.3, 0.4) is 0 Å². The van der Waals surface area contributed by atoms with Crippen LogP contribution in [-0.2, 0) is 11.3 Å². The molecule has 1 amide bonds. The summed E-state index contributed by atoms with van der Waals surface area (Å²) in [6.07, 6.45) is 1.78. The number of amides is 1. The molecule has 0 fully saturated rings. The number of aryl methyl sites for hydroxylation is 1. The molecule has 0 atom stereocenters. The van der Waals surface area contributed by atoms with Crippen LogP contribution in [0.25, 0.3) is 0 Å². The first-order valence-corrected chi connectivity index (χ1v) is 8.68. The van der Waals surface area contributed by atoms with Gasteiger partial charge in [0.05, 0.1) is 21.6 Å². The van der Waals surface area contributed by atoms with Gasteiger partial charge in [-0.05, 0) is 36.8 Å². The average molecular weight is 369 g/mol. The van der Waals surface area contributed by atoms with Crippen LogP contribution >= 0.6 is 34.5 Å². The van der Waals surface area contributed by atoms with Gasteiger partial charge in [-0.15, -0.1) is 17.9 Å². The first-order valence-electron chi connectivity index (χ1n) is 7.11. The van der Waals surface area contributed by atoms with Crippen molar-refractivity contribution in [2.24, 2.45) is 0 Å². The third-order valence-electron chi connectivity index (χ3n) is 3.16. The van der Waals surface area contributed by atoms with Gasteiger partial charge in [-0.25, -0.2) is 0 Å². The van der Waals surface area contributed by atoms with E-state index in [2.05, 4.69) is 11.9 Å². The van der Waals surface area contributed by atoms with E-state index in [1.807, 2.05) is 42.2 Å². The molecular formula is C17H18Cl2N2OS. The predicted octanol–water partition coefficient (Wildman–Crippen LogP) is 4.99. The van der Waals surface area contributed by atoms with Crippen LogP contribution in [0.1, 0.15) is 10.4 Å². The number of carbonyl (C=O) groups excluding carboxylic acids is 1. The van der Waals surface area contributed by atoms with E-state index >= 15 is 0 Å². The molecule has 1 aromatic heterocycles. The van der Waals surface area contributed by atoms with Crippen LogP contribution in [0.5, 0.6) is 0 Å². The molecule has 0 saturated carbocycles. The van der Waals surface area contributed by atoms with Gasteiger partial charge >= 0.3 is 0 Å². The summed E-state index contributed by atoms with van der Waals surface area (Å²) < 4.78 is 0.745. The van der Waals surface area contributed by atoms with Crippen molar-refractivity contribution in [2.45, 2.75) is 13.5 Å². The lowest BCUT2D eigenvalue weighted by molar-refractivity contribution is -0.117. The molecule has 0 aliphatic heterocycles. The van der Waals surface area contributed by atoms with Crippen LogP contribution in [0.2, 0.25) is 9.36 Å². The van der Waals surface area contributed by atoms with Gasteiger partial charge in [-0.3, -0.25) is 9.69 Å². The van der Waals surface area contributed by atoms with Crippen molar-refractivity contribution >= 4 is 46.1 Å². The highest BCUT2D eigenvalue weighted by Gasteiger charge is 2.13. The van der Waals surface area contributed by atoms with Gasteiger partial charge in [0.1, 0.15) is 0 Å². The fraction of sp³-hybridized carbons (Fsp3) is 0.235. The van der Waals surface area contributed by atoms with Crippen molar-refractivity contribution < 1.29 is 4.79 Å². The monoisotopic (exact) mass is 368 g/mol. The summed E-state index contributed by atoms with van der Waals surface area (Å²) in [5.41, 5.74) is 1.68. The molecule has 0 radical (unpaired) electrons. The molecule has 2 rings (SSSR count). The van der Waals surface area contributed by atoms with Crippen LogP contribution in [0, 0.1) is 6.92 Å². The van der Waals surface area contributed by atoms with Crippen LogP contribution in [-0.4, -0.2) is 23.9 Å². The third-order valence-corrected chi connectivity index (χ3v) is 4.69. The molecule has 23 heavy (non-hydrogen) atoms. The van der Waals surface area contributed by atoms with Crippen molar-refractivity contribution in [3.63, 3.8) is 0 Å². The highest BCUT2D eigenvalue weighted by Crippen LogP contribution is 2.24. The van der Waals surface area contributed by atoms with Crippen LogP contribution in [0.4, 0.5) is 5.69 Å². The molecule has 1 aromatic carbocycles. The van der Waals surface area contributed by atoms with Crippen molar-refractivity contribution in [2.75, 3.05) is 18.4 Å². The Morgan fingerprint density at radius 2 is 2.13 bits per heavy atom. The van der Waals surface area contributed by atoms with Gasteiger partial charge in [0.2, 0.25) is 5.91 Å². The summed E-state index contributed by atoms with van der Waals surface area (Å²) in [6, 6.07) is 9.38. The summed E-state index contributed by atoms with van der Waals surface area (Å²) in [7, 11) is 0. The maximum Gasteiger partial charge on any atom is 0.238 e. The van der Waals surface area contributed by atoms with E-state index < -0.39 is 0 Å². The second kappa shape index (κ2) is 8.50. The first-order chi connectivity index (χ1) is 11.0. The molecule has 6 heteroatoms. The largest absolute Gasteiger partial charge is 0.324 e. The highest BCUT2D eigenvalue weighted by atomic mass is 35.5. The summed E-state index contributed by atoms with van der Waals surface area (Å²) in [6.45, 7) is 7.22. The Kier molecular flexibility index (Phi) is 6.66. The maximum absolute atomic E-state index is 12.3. The Hall–Kier alpha value is -1.33. The first kappa shape index (κ1) is 18.0. The van der Waals surface area contributed by atoms with E-state index in [0.717, 1.165) is 14.8 Å². The van der Waals surface area contributed by atoms with Crippen LogP contribution in [0.15, 0.2) is 43.0 Å². The summed E-state index contributed by atoms with van der Waals surface area (Å²) in [5, 5.41) is 3.39. The van der Waals surface area contributed by atoms with E-state index in [4.69, 9.17) is 23.2 Å². The lowest BCUT2D eigenvalue weighted by atomic mass is 10.2. The zero-order valence-corrected chi connectivity index (χ0v) is 15.1. The van der Waals surface area contributed by atoms with Gasteiger partial charge in [-0.2, -0.15) is 0 Å². The average Bonchev–Trinajstić information content (AvgIpc) is 2.87. The molecule has 122 valence electrons. The minimum absolute atomic E-state index is 0.111. The number of benzene rings is 1. The molecule has 1 N–H and O–H groups in total. The number of hydrogen-bond donors (Lipinski definition) is 1. The summed E-state index contributed by atoms with van der Waals surface area (Å²) >= 11 is 13.6. The Balaban J connectivity index is 1.98. The Labute approximate surface area is 150 Å². The fourth-order valence-electron chi connectivity index (χ4n) is 2.14. The molecule has 0 aliphatic carbocycles. The molecule has 3 nitrogen and oxygen atoms in total. The smallest absolute Gasteiger partial charge is 0.238 e. The second-order valence-electron chi connectivity index (χ2n) is 5.20. The van der Waals surface area contributed by atoms with Gasteiger partial charge in [-0.1, -0.05) is 35.3 Å². The van der Waals surface area contributed by atoms with E-state index in [0.29, 0.717) is 23.8 Å². The Morgan fingerprint density at radius 3 is 2.74 bits per heavy atom. The van der Waals surface area contributed by atoms with E-state index in [-0.39, 0.29) is 12.5 Å². The number of thiophene rings is 1. The minimum atomic E-state index is -0.111. The van der Waals surface area contributed by atoms with Gasteiger partial charge in [0.25, 0.3) is 0 Å². The molecule has 2 aromatic rings. The second-order valence-corrected chi connectivity index (χ2v) is 7.40. The summed E-state index contributed by atoms with van der Waals surface area (Å²) in [5.74, 6) is -0.111. The number of halogens is 2. The zero-order chi connectivity index (χ0) is 16.8. The number of rotatable bonds is 7. The van der Waals surface area contributed by atoms with Crippen molar-refractivity contribution in [3.05, 3.63) is 62.8 Å². The fourth-order valence-corrected chi connectivity index (χ4v) is 3.55. The lowest BCUT2D eigenvalue weighted by Gasteiger charge is -2.19. The van der Waals surface area contributed by atoms with E-state index in [1.54, 1.807) is 6.08 Å². The van der Waals surface area contributed by atoms with Gasteiger partial charge < -0.3 is 5.32 Å². The van der Waals surface area contributed by atoms with E-state index in [1.165, 1.54) is 11.3 Å². The molecule has 1 heterocycles. The van der Waals surface area contributed by atoms with Crippen molar-refractivity contribution in [1.29, 1.82) is 0 Å². The molecular weight excluding hydrogens is 351 g/mol. The van der Waals surface area contributed by atoms with Gasteiger partial charge in [0.15, 0.2) is 0 Å². The SMILES string of the molecule is C=CCN(CC(=O)Nc1ccc(C)cc1Cl)Cc1ccc(Cl)s1. The minimum Gasteiger partial charge on any atom is -0.324 e. The molecule has 0 saturated heterocycles. The molecule has 0 aliphatic rings. The lowest BCUT2D eigenvalue weighted by Crippen LogP contribution is -2.32. The molecule has 0 spiro atoms.